The van der Waals surface area contributed by atoms with E-state index in [0.29, 0.717) is 5.82 Å². The molecule has 2 rings (SSSR count). The summed E-state index contributed by atoms with van der Waals surface area (Å²) in [6, 6.07) is 4.43. The number of carbonyl (C=O) groups is 1. The molecule has 0 aliphatic carbocycles. The third kappa shape index (κ3) is 6.28. The maximum absolute atomic E-state index is 13.3. The van der Waals surface area contributed by atoms with Gasteiger partial charge < -0.3 is 9.67 Å². The smallest absolute Gasteiger partial charge is 0.155 e. The van der Waals surface area contributed by atoms with E-state index in [1.165, 1.54) is 19.9 Å². The number of hydrogen-bond acceptors (Lipinski definition) is 3. The zero-order valence-corrected chi connectivity index (χ0v) is 14.6. The molecule has 0 aliphatic heterocycles. The summed E-state index contributed by atoms with van der Waals surface area (Å²) in [5, 5.41) is 8.36. The van der Waals surface area contributed by atoms with Crippen LogP contribution >= 0.6 is 0 Å². The van der Waals surface area contributed by atoms with Crippen LogP contribution in [0.2, 0.25) is 0 Å². The molecule has 0 saturated heterocycles. The topological polar surface area (TPSA) is 55.1 Å². The first-order chi connectivity index (χ1) is 9.81. The molecule has 121 valence electrons. The monoisotopic (exact) mass is 486 g/mol. The summed E-state index contributed by atoms with van der Waals surface area (Å²) < 4.78 is 27.5. The summed E-state index contributed by atoms with van der Waals surface area (Å²) in [5.41, 5.74) is 0.180. The molecule has 4 nitrogen and oxygen atoms in total. The molecule has 0 aliphatic rings. The maximum atomic E-state index is 13.3. The molecule has 0 amide bonds. The number of imidazole rings is 1. The van der Waals surface area contributed by atoms with E-state index in [2.05, 4.69) is 11.1 Å². The second-order valence-corrected chi connectivity index (χ2v) is 4.30. The van der Waals surface area contributed by atoms with Crippen molar-refractivity contribution in [1.82, 2.24) is 9.55 Å². The number of carbonyl (C=O) groups excluding carboxylic acids is 1. The minimum Gasteiger partial charge on any atom is -0.512 e. The predicted octanol–water partition coefficient (Wildman–Crippen LogP) is 3.20. The van der Waals surface area contributed by atoms with E-state index in [9.17, 15) is 13.6 Å². The first kappa shape index (κ1) is 20.1. The SMILES string of the molecule is CC(=O)/C=C(/C)O.Cn1ccnc1-c1[c-]cc(F)cc1F.[Ir]. The third-order valence-corrected chi connectivity index (χ3v) is 2.31. The number of ketones is 1. The number of halogens is 2. The number of allylic oxidation sites excluding steroid dienone is 2. The molecule has 0 spiro atoms. The molecule has 0 unspecified atom stereocenters. The van der Waals surface area contributed by atoms with Crippen LogP contribution < -0.4 is 0 Å². The second-order valence-electron chi connectivity index (χ2n) is 4.30. The zero-order chi connectivity index (χ0) is 16.0. The summed E-state index contributed by atoms with van der Waals surface area (Å²) in [6.07, 6.45) is 4.40. The van der Waals surface area contributed by atoms with Gasteiger partial charge in [-0.1, -0.05) is 11.6 Å². The Bertz CT molecular complexity index is 665. The summed E-state index contributed by atoms with van der Waals surface area (Å²) in [5.74, 6) is -0.922. The van der Waals surface area contributed by atoms with Crippen LogP contribution in [0.1, 0.15) is 13.8 Å². The number of aliphatic hydroxyl groups is 1. The maximum Gasteiger partial charge on any atom is 0.155 e. The molecular weight excluding hydrogens is 470 g/mol. The van der Waals surface area contributed by atoms with Gasteiger partial charge >= 0.3 is 0 Å². The standard InChI is InChI=1S/C10H7F2N2.C5H8O2.Ir/c1-14-5-4-13-10(14)8-3-2-7(11)6-9(8)12;1-4(6)3-5(2)7;/h2,4-6H,1H3;3,6H,1-2H3;/q-1;;/b;4-3-;. The van der Waals surface area contributed by atoms with Crippen molar-refractivity contribution in [3.63, 3.8) is 0 Å². The number of hydrogen-bond donors (Lipinski definition) is 1. The van der Waals surface area contributed by atoms with Crippen LogP contribution in [-0.4, -0.2) is 20.4 Å². The molecule has 1 aromatic carbocycles. The van der Waals surface area contributed by atoms with Crippen molar-refractivity contribution in [3.8, 4) is 11.4 Å². The van der Waals surface area contributed by atoms with Crippen LogP contribution in [0.5, 0.6) is 0 Å². The van der Waals surface area contributed by atoms with E-state index < -0.39 is 11.6 Å². The largest absolute Gasteiger partial charge is 0.512 e. The van der Waals surface area contributed by atoms with Crippen molar-refractivity contribution in [2.75, 3.05) is 0 Å². The van der Waals surface area contributed by atoms with E-state index >= 15 is 0 Å². The molecule has 0 atom stereocenters. The normalized spacial score (nSPS) is 10.3. The van der Waals surface area contributed by atoms with Gasteiger partial charge in [-0.2, -0.15) is 0 Å². The quantitative estimate of drug-likeness (QED) is 0.404. The second kappa shape index (κ2) is 9.22. The predicted molar refractivity (Wildman–Crippen MR) is 74.5 cm³/mol. The Morgan fingerprint density at radius 1 is 1.41 bits per heavy atom. The van der Waals surface area contributed by atoms with Crippen molar-refractivity contribution in [3.05, 3.63) is 54.1 Å². The van der Waals surface area contributed by atoms with Crippen LogP contribution in [0.3, 0.4) is 0 Å². The average Bonchev–Trinajstić information content (AvgIpc) is 2.74. The fourth-order valence-corrected chi connectivity index (χ4v) is 1.52. The number of nitrogens with zero attached hydrogens (tertiary/aromatic N) is 2. The summed E-state index contributed by atoms with van der Waals surface area (Å²) >= 11 is 0. The van der Waals surface area contributed by atoms with Crippen molar-refractivity contribution >= 4 is 5.78 Å². The molecule has 2 aromatic rings. The van der Waals surface area contributed by atoms with Crippen molar-refractivity contribution < 1.29 is 38.8 Å². The van der Waals surface area contributed by atoms with Gasteiger partial charge in [0.25, 0.3) is 0 Å². The van der Waals surface area contributed by atoms with Crippen LogP contribution in [0, 0.1) is 17.7 Å². The zero-order valence-electron chi connectivity index (χ0n) is 12.2. The van der Waals surface area contributed by atoms with E-state index in [4.69, 9.17) is 5.11 Å². The molecule has 1 N–H and O–H groups in total. The van der Waals surface area contributed by atoms with Gasteiger partial charge in [0.2, 0.25) is 0 Å². The first-order valence-electron chi connectivity index (χ1n) is 6.03. The molecule has 1 heterocycles. The molecular formula is C15H15F2IrN2O2-. The minimum atomic E-state index is -0.653. The van der Waals surface area contributed by atoms with Gasteiger partial charge in [-0.15, -0.1) is 12.1 Å². The Labute approximate surface area is 140 Å². The first-order valence-corrected chi connectivity index (χ1v) is 6.03. The molecule has 7 heteroatoms. The van der Waals surface area contributed by atoms with E-state index in [0.717, 1.165) is 12.1 Å². The average molecular weight is 486 g/mol. The van der Waals surface area contributed by atoms with Crippen molar-refractivity contribution in [2.45, 2.75) is 13.8 Å². The molecule has 0 saturated carbocycles. The van der Waals surface area contributed by atoms with Crippen LogP contribution in [0.25, 0.3) is 11.4 Å². The van der Waals surface area contributed by atoms with Crippen molar-refractivity contribution in [1.29, 1.82) is 0 Å². The number of aromatic nitrogens is 2. The molecule has 0 fully saturated rings. The fraction of sp³-hybridized carbons (Fsp3) is 0.200. The molecule has 0 bridgehead atoms. The van der Waals surface area contributed by atoms with Gasteiger partial charge in [-0.05, 0) is 13.8 Å². The Balaban J connectivity index is 0.000000478. The molecule has 1 radical (unpaired) electrons. The van der Waals surface area contributed by atoms with Gasteiger partial charge in [-0.25, -0.2) is 0 Å². The number of benzene rings is 1. The van der Waals surface area contributed by atoms with E-state index in [-0.39, 0.29) is 37.2 Å². The fourth-order valence-electron chi connectivity index (χ4n) is 1.52. The van der Waals surface area contributed by atoms with Crippen molar-refractivity contribution in [2.24, 2.45) is 7.05 Å². The van der Waals surface area contributed by atoms with Gasteiger partial charge in [-0.3, -0.25) is 18.6 Å². The van der Waals surface area contributed by atoms with Crippen LogP contribution in [0.15, 0.2) is 36.4 Å². The van der Waals surface area contributed by atoms with Gasteiger partial charge in [0.05, 0.1) is 11.6 Å². The van der Waals surface area contributed by atoms with Gasteiger partial charge in [0.1, 0.15) is 0 Å². The number of aliphatic hydroxyl groups excluding tert-OH is 1. The Morgan fingerprint density at radius 2 is 2.05 bits per heavy atom. The minimum absolute atomic E-state index is 0. The Hall–Kier alpha value is -1.85. The van der Waals surface area contributed by atoms with E-state index in [1.54, 1.807) is 24.0 Å². The number of aryl methyl sites for hydroxylation is 1. The van der Waals surface area contributed by atoms with Crippen LogP contribution in [-0.2, 0) is 31.9 Å². The summed E-state index contributed by atoms with van der Waals surface area (Å²) in [6.45, 7) is 2.85. The van der Waals surface area contributed by atoms with Crippen LogP contribution in [0.4, 0.5) is 8.78 Å². The summed E-state index contributed by atoms with van der Waals surface area (Å²) in [4.78, 5) is 14.0. The Kier molecular flexibility index (Phi) is 8.45. The third-order valence-electron chi connectivity index (χ3n) is 2.31. The molecule has 1 aromatic heterocycles. The van der Waals surface area contributed by atoms with Gasteiger partial charge in [0.15, 0.2) is 5.78 Å². The van der Waals surface area contributed by atoms with E-state index in [1.807, 2.05) is 0 Å². The number of rotatable bonds is 2. The Morgan fingerprint density at radius 3 is 2.41 bits per heavy atom. The molecule has 22 heavy (non-hydrogen) atoms. The van der Waals surface area contributed by atoms with Gasteiger partial charge in [0, 0.05) is 57.3 Å². The summed E-state index contributed by atoms with van der Waals surface area (Å²) in [7, 11) is 1.74.